The molecule has 0 spiro atoms. The summed E-state index contributed by atoms with van der Waals surface area (Å²) in [5, 5.41) is 0.591. The standard InChI is InChI=1S/C13H8Br2ClN3/c14-6-1-2-9(15)8(3-6)13-18-11-5-7(16)4-10(17)12(11)19-13/h1-5H,17H2,(H,18,19). The van der Waals surface area contributed by atoms with E-state index in [-0.39, 0.29) is 0 Å². The third kappa shape index (κ3) is 2.38. The highest BCUT2D eigenvalue weighted by Gasteiger charge is 2.11. The normalized spacial score (nSPS) is 11.1. The number of imidazole rings is 1. The van der Waals surface area contributed by atoms with E-state index in [1.165, 1.54) is 0 Å². The Hall–Kier alpha value is -1.04. The van der Waals surface area contributed by atoms with Gasteiger partial charge in [0.15, 0.2) is 0 Å². The molecule has 0 bridgehead atoms. The highest BCUT2D eigenvalue weighted by molar-refractivity contribution is 9.11. The van der Waals surface area contributed by atoms with Crippen LogP contribution in [0.4, 0.5) is 5.69 Å². The van der Waals surface area contributed by atoms with Gasteiger partial charge < -0.3 is 10.7 Å². The van der Waals surface area contributed by atoms with Crippen LogP contribution in [0.2, 0.25) is 5.02 Å². The van der Waals surface area contributed by atoms with Crippen LogP contribution in [0.1, 0.15) is 0 Å². The number of rotatable bonds is 1. The van der Waals surface area contributed by atoms with Gasteiger partial charge in [0.25, 0.3) is 0 Å². The average molecular weight is 401 g/mol. The van der Waals surface area contributed by atoms with E-state index in [0.717, 1.165) is 31.4 Å². The molecule has 0 unspecified atom stereocenters. The van der Waals surface area contributed by atoms with Crippen molar-refractivity contribution in [1.82, 2.24) is 9.97 Å². The van der Waals surface area contributed by atoms with Gasteiger partial charge in [-0.15, -0.1) is 0 Å². The van der Waals surface area contributed by atoms with Gasteiger partial charge in [-0.1, -0.05) is 43.5 Å². The summed E-state index contributed by atoms with van der Waals surface area (Å²) in [6.07, 6.45) is 0. The Kier molecular flexibility index (Phi) is 3.28. The molecule has 0 aliphatic heterocycles. The molecule has 3 nitrogen and oxygen atoms in total. The lowest BCUT2D eigenvalue weighted by atomic mass is 10.2. The van der Waals surface area contributed by atoms with Crippen LogP contribution >= 0.6 is 43.5 Å². The summed E-state index contributed by atoms with van der Waals surface area (Å²) in [5.74, 6) is 0.747. The Morgan fingerprint density at radius 2 is 1.95 bits per heavy atom. The van der Waals surface area contributed by atoms with E-state index in [2.05, 4.69) is 41.8 Å². The Morgan fingerprint density at radius 1 is 1.16 bits per heavy atom. The molecular weight excluding hydrogens is 393 g/mol. The zero-order chi connectivity index (χ0) is 13.6. The second-order valence-corrected chi connectivity index (χ2v) is 6.31. The molecule has 0 fully saturated rings. The van der Waals surface area contributed by atoms with Crippen LogP contribution in [0.25, 0.3) is 22.4 Å². The summed E-state index contributed by atoms with van der Waals surface area (Å²) in [4.78, 5) is 7.77. The van der Waals surface area contributed by atoms with Gasteiger partial charge in [0, 0.05) is 19.5 Å². The van der Waals surface area contributed by atoms with E-state index >= 15 is 0 Å². The van der Waals surface area contributed by atoms with Crippen LogP contribution in [0.15, 0.2) is 39.3 Å². The molecule has 3 N–H and O–H groups in total. The molecule has 3 rings (SSSR count). The number of halogens is 3. The van der Waals surface area contributed by atoms with Crippen LogP contribution in [0, 0.1) is 0 Å². The topological polar surface area (TPSA) is 54.7 Å². The first kappa shape index (κ1) is 13.0. The number of fused-ring (bicyclic) bond motifs is 1. The van der Waals surface area contributed by atoms with Crippen molar-refractivity contribution in [2.24, 2.45) is 0 Å². The number of aromatic nitrogens is 2. The van der Waals surface area contributed by atoms with Crippen molar-refractivity contribution >= 4 is 60.2 Å². The van der Waals surface area contributed by atoms with Gasteiger partial charge in [-0.25, -0.2) is 4.98 Å². The fourth-order valence-electron chi connectivity index (χ4n) is 1.91. The Balaban J connectivity index is 2.26. The lowest BCUT2D eigenvalue weighted by Gasteiger charge is -2.01. The molecule has 1 heterocycles. The van der Waals surface area contributed by atoms with Crippen LogP contribution in [0.5, 0.6) is 0 Å². The molecule has 0 radical (unpaired) electrons. The predicted octanol–water partition coefficient (Wildman–Crippen LogP) is 4.99. The number of nitrogens with zero attached hydrogens (tertiary/aromatic N) is 1. The first-order valence-corrected chi connectivity index (χ1v) is 7.41. The van der Waals surface area contributed by atoms with Crippen LogP contribution in [-0.2, 0) is 0 Å². The third-order valence-corrected chi connectivity index (χ3v) is 4.17. The maximum absolute atomic E-state index is 5.99. The summed E-state index contributed by atoms with van der Waals surface area (Å²) in [7, 11) is 0. The zero-order valence-electron chi connectivity index (χ0n) is 9.55. The van der Waals surface area contributed by atoms with Gasteiger partial charge in [-0.2, -0.15) is 0 Å². The molecule has 0 amide bonds. The van der Waals surface area contributed by atoms with Crippen molar-refractivity contribution in [2.75, 3.05) is 5.73 Å². The minimum Gasteiger partial charge on any atom is -0.397 e. The zero-order valence-corrected chi connectivity index (χ0v) is 13.5. The summed E-state index contributed by atoms with van der Waals surface area (Å²) < 4.78 is 1.94. The number of nitrogens with one attached hydrogen (secondary N) is 1. The molecule has 0 aliphatic rings. The summed E-state index contributed by atoms with van der Waals surface area (Å²) in [5.41, 5.74) is 9.01. The van der Waals surface area contributed by atoms with E-state index in [4.69, 9.17) is 17.3 Å². The molecule has 0 aliphatic carbocycles. The van der Waals surface area contributed by atoms with Gasteiger partial charge in [-0.3, -0.25) is 0 Å². The lowest BCUT2D eigenvalue weighted by molar-refractivity contribution is 1.32. The molecule has 6 heteroatoms. The van der Waals surface area contributed by atoms with Gasteiger partial charge in [0.1, 0.15) is 11.3 Å². The number of hydrogen-bond donors (Lipinski definition) is 2. The first-order chi connectivity index (χ1) is 9.04. The molecule has 1 aromatic heterocycles. The molecular formula is C13H8Br2ClN3. The average Bonchev–Trinajstić information content (AvgIpc) is 2.76. The number of anilines is 1. The number of benzene rings is 2. The Labute approximate surface area is 131 Å². The highest BCUT2D eigenvalue weighted by atomic mass is 79.9. The monoisotopic (exact) mass is 399 g/mol. The molecule has 3 aromatic rings. The molecule has 0 atom stereocenters. The van der Waals surface area contributed by atoms with Gasteiger partial charge in [0.2, 0.25) is 0 Å². The minimum absolute atomic E-state index is 0.566. The quantitative estimate of drug-likeness (QED) is 0.565. The fourth-order valence-corrected chi connectivity index (χ4v) is 2.94. The van der Waals surface area contributed by atoms with Gasteiger partial charge >= 0.3 is 0 Å². The SMILES string of the molecule is Nc1cc(Cl)cc2[nH]c(-c3cc(Br)ccc3Br)nc12. The van der Waals surface area contributed by atoms with Crippen LogP contribution in [-0.4, -0.2) is 9.97 Å². The van der Waals surface area contributed by atoms with Crippen molar-refractivity contribution in [3.05, 3.63) is 44.3 Å². The molecule has 2 aromatic carbocycles. The van der Waals surface area contributed by atoms with Crippen molar-refractivity contribution < 1.29 is 0 Å². The van der Waals surface area contributed by atoms with Gasteiger partial charge in [0.05, 0.1) is 11.2 Å². The number of H-pyrrole nitrogens is 1. The largest absolute Gasteiger partial charge is 0.397 e. The molecule has 0 saturated carbocycles. The van der Waals surface area contributed by atoms with E-state index in [1.54, 1.807) is 6.07 Å². The van der Waals surface area contributed by atoms with Crippen molar-refractivity contribution in [3.8, 4) is 11.4 Å². The fraction of sp³-hybridized carbons (Fsp3) is 0. The number of aromatic amines is 1. The van der Waals surface area contributed by atoms with Crippen molar-refractivity contribution in [2.45, 2.75) is 0 Å². The third-order valence-electron chi connectivity index (χ3n) is 2.76. The minimum atomic E-state index is 0.566. The summed E-state index contributed by atoms with van der Waals surface area (Å²) >= 11 is 13.0. The maximum Gasteiger partial charge on any atom is 0.139 e. The summed E-state index contributed by atoms with van der Waals surface area (Å²) in [6.45, 7) is 0. The number of nitrogens with two attached hydrogens (primary N) is 1. The summed E-state index contributed by atoms with van der Waals surface area (Å²) in [6, 6.07) is 9.42. The van der Waals surface area contributed by atoms with Gasteiger partial charge in [-0.05, 0) is 30.3 Å². The second kappa shape index (κ2) is 4.81. The molecule has 19 heavy (non-hydrogen) atoms. The predicted molar refractivity (Wildman–Crippen MR) is 86.4 cm³/mol. The Morgan fingerprint density at radius 3 is 2.74 bits per heavy atom. The van der Waals surface area contributed by atoms with Crippen molar-refractivity contribution in [3.63, 3.8) is 0 Å². The van der Waals surface area contributed by atoms with Crippen LogP contribution in [0.3, 0.4) is 0 Å². The van der Waals surface area contributed by atoms with Crippen LogP contribution < -0.4 is 5.73 Å². The second-order valence-electron chi connectivity index (χ2n) is 4.10. The lowest BCUT2D eigenvalue weighted by Crippen LogP contribution is -1.86. The van der Waals surface area contributed by atoms with E-state index < -0.39 is 0 Å². The number of nitrogen functional groups attached to an aromatic ring is 1. The van der Waals surface area contributed by atoms with E-state index in [1.807, 2.05) is 24.3 Å². The number of hydrogen-bond acceptors (Lipinski definition) is 2. The van der Waals surface area contributed by atoms with E-state index in [9.17, 15) is 0 Å². The maximum atomic E-state index is 5.99. The Bertz CT molecular complexity index is 783. The first-order valence-electron chi connectivity index (χ1n) is 5.45. The smallest absolute Gasteiger partial charge is 0.139 e. The van der Waals surface area contributed by atoms with E-state index in [0.29, 0.717) is 10.7 Å². The molecule has 0 saturated heterocycles. The highest BCUT2D eigenvalue weighted by Crippen LogP contribution is 2.32. The van der Waals surface area contributed by atoms with Crippen molar-refractivity contribution in [1.29, 1.82) is 0 Å². The molecule has 96 valence electrons.